The molecule has 0 N–H and O–H groups in total. The van der Waals surface area contributed by atoms with E-state index in [0.29, 0.717) is 5.92 Å². The summed E-state index contributed by atoms with van der Waals surface area (Å²) < 4.78 is 1.15. The molecule has 0 fully saturated rings. The SMILES string of the molecule is Cc1sc(Br)cc1C(Cl)C(C)c1ccccc1. The number of aryl methyl sites for hydroxylation is 1. The van der Waals surface area contributed by atoms with Gasteiger partial charge < -0.3 is 0 Å². The second kappa shape index (κ2) is 5.55. The molecule has 1 aromatic heterocycles. The van der Waals surface area contributed by atoms with Crippen molar-refractivity contribution in [3.05, 3.63) is 56.2 Å². The third kappa shape index (κ3) is 2.93. The first-order valence-electron chi connectivity index (χ1n) is 5.54. The Morgan fingerprint density at radius 1 is 1.24 bits per heavy atom. The van der Waals surface area contributed by atoms with Gasteiger partial charge in [-0.3, -0.25) is 0 Å². The lowest BCUT2D eigenvalue weighted by atomic mass is 9.93. The highest BCUT2D eigenvalue weighted by Crippen LogP contribution is 2.41. The topological polar surface area (TPSA) is 0 Å². The number of rotatable bonds is 3. The third-order valence-corrected chi connectivity index (χ3v) is 5.17. The Hall–Kier alpha value is -0.310. The first-order valence-corrected chi connectivity index (χ1v) is 7.59. The van der Waals surface area contributed by atoms with Crippen molar-refractivity contribution in [1.29, 1.82) is 0 Å². The number of benzene rings is 1. The lowest BCUT2D eigenvalue weighted by molar-refractivity contribution is 0.731. The molecule has 3 heteroatoms. The maximum Gasteiger partial charge on any atom is 0.0704 e. The van der Waals surface area contributed by atoms with E-state index in [4.69, 9.17) is 11.6 Å². The molecule has 0 bridgehead atoms. The minimum atomic E-state index is 0.0277. The summed E-state index contributed by atoms with van der Waals surface area (Å²) >= 11 is 11.9. The molecule has 0 aliphatic rings. The summed E-state index contributed by atoms with van der Waals surface area (Å²) in [6.07, 6.45) is 0. The van der Waals surface area contributed by atoms with E-state index in [1.165, 1.54) is 16.0 Å². The van der Waals surface area contributed by atoms with Crippen molar-refractivity contribution in [2.45, 2.75) is 25.1 Å². The van der Waals surface area contributed by atoms with Gasteiger partial charge in [0.25, 0.3) is 0 Å². The van der Waals surface area contributed by atoms with Crippen molar-refractivity contribution in [3.8, 4) is 0 Å². The molecule has 2 atom stereocenters. The molecule has 0 saturated heterocycles. The van der Waals surface area contributed by atoms with Crippen LogP contribution in [0.4, 0.5) is 0 Å². The van der Waals surface area contributed by atoms with Crippen molar-refractivity contribution in [2.24, 2.45) is 0 Å². The minimum absolute atomic E-state index is 0.0277. The van der Waals surface area contributed by atoms with Crippen LogP contribution < -0.4 is 0 Å². The molecule has 90 valence electrons. The Balaban J connectivity index is 2.26. The Morgan fingerprint density at radius 3 is 2.41 bits per heavy atom. The zero-order valence-electron chi connectivity index (χ0n) is 9.78. The highest BCUT2D eigenvalue weighted by molar-refractivity contribution is 9.11. The number of thiophene rings is 1. The zero-order valence-corrected chi connectivity index (χ0v) is 12.9. The molecule has 0 saturated carbocycles. The van der Waals surface area contributed by atoms with E-state index in [-0.39, 0.29) is 5.38 Å². The summed E-state index contributed by atoms with van der Waals surface area (Å²) in [5.41, 5.74) is 2.52. The summed E-state index contributed by atoms with van der Waals surface area (Å²) in [6.45, 7) is 4.30. The van der Waals surface area contributed by atoms with Crippen molar-refractivity contribution in [2.75, 3.05) is 0 Å². The maximum atomic E-state index is 6.60. The van der Waals surface area contributed by atoms with Crippen LogP contribution in [0.15, 0.2) is 40.2 Å². The zero-order chi connectivity index (χ0) is 12.4. The molecule has 2 rings (SSSR count). The maximum absolute atomic E-state index is 6.60. The fraction of sp³-hybridized carbons (Fsp3) is 0.286. The standard InChI is InChI=1S/C14H14BrClS/c1-9(11-6-4-3-5-7-11)14(16)12-8-13(15)17-10(12)2/h3-9,14H,1-2H3. The molecule has 17 heavy (non-hydrogen) atoms. The van der Waals surface area contributed by atoms with Gasteiger partial charge in [-0.15, -0.1) is 22.9 Å². The van der Waals surface area contributed by atoms with Crippen LogP contribution in [-0.2, 0) is 0 Å². The molecule has 0 radical (unpaired) electrons. The summed E-state index contributed by atoms with van der Waals surface area (Å²) in [5, 5.41) is 0.0277. The highest BCUT2D eigenvalue weighted by Gasteiger charge is 2.21. The molecular formula is C14H14BrClS. The number of alkyl halides is 1. The lowest BCUT2D eigenvalue weighted by Gasteiger charge is -2.18. The lowest BCUT2D eigenvalue weighted by Crippen LogP contribution is -2.02. The second-order valence-corrected chi connectivity index (χ2v) is 7.27. The van der Waals surface area contributed by atoms with Crippen molar-refractivity contribution < 1.29 is 0 Å². The number of hydrogen-bond donors (Lipinski definition) is 0. The first-order chi connectivity index (χ1) is 8.09. The Bertz CT molecular complexity index is 492. The molecule has 0 spiro atoms. The molecule has 1 heterocycles. The molecule has 0 nitrogen and oxygen atoms in total. The summed E-state index contributed by atoms with van der Waals surface area (Å²) in [6, 6.07) is 12.6. The van der Waals surface area contributed by atoms with E-state index in [0.717, 1.165) is 3.79 Å². The van der Waals surface area contributed by atoms with Gasteiger partial charge in [-0.25, -0.2) is 0 Å². The fourth-order valence-electron chi connectivity index (χ4n) is 1.93. The summed E-state index contributed by atoms with van der Waals surface area (Å²) in [7, 11) is 0. The molecule has 2 unspecified atom stereocenters. The predicted molar refractivity (Wildman–Crippen MR) is 80.2 cm³/mol. The summed E-state index contributed by atoms with van der Waals surface area (Å²) in [5.74, 6) is 0.318. The van der Waals surface area contributed by atoms with Crippen LogP contribution in [0.5, 0.6) is 0 Å². The van der Waals surface area contributed by atoms with Crippen molar-refractivity contribution in [1.82, 2.24) is 0 Å². The smallest absolute Gasteiger partial charge is 0.0704 e. The average molecular weight is 330 g/mol. The molecular weight excluding hydrogens is 316 g/mol. The Morgan fingerprint density at radius 2 is 1.88 bits per heavy atom. The predicted octanol–water partition coefficient (Wildman–Crippen LogP) is 5.90. The van der Waals surface area contributed by atoms with Crippen LogP contribution in [0.3, 0.4) is 0 Å². The van der Waals surface area contributed by atoms with Gasteiger partial charge in [-0.1, -0.05) is 37.3 Å². The summed E-state index contributed by atoms with van der Waals surface area (Å²) in [4.78, 5) is 1.29. The van der Waals surface area contributed by atoms with Crippen molar-refractivity contribution in [3.63, 3.8) is 0 Å². The normalized spacial score (nSPS) is 14.6. The number of hydrogen-bond acceptors (Lipinski definition) is 1. The fourth-order valence-corrected chi connectivity index (χ4v) is 4.12. The Labute approximate surface area is 120 Å². The molecule has 0 aliphatic heterocycles. The molecule has 0 amide bonds. The molecule has 2 aromatic rings. The van der Waals surface area contributed by atoms with Gasteiger partial charge in [-0.05, 0) is 40.0 Å². The third-order valence-electron chi connectivity index (χ3n) is 2.99. The largest absolute Gasteiger partial charge is 0.133 e. The van der Waals surface area contributed by atoms with Crippen LogP contribution in [0, 0.1) is 6.92 Å². The monoisotopic (exact) mass is 328 g/mol. The highest BCUT2D eigenvalue weighted by atomic mass is 79.9. The van der Waals surface area contributed by atoms with Crippen molar-refractivity contribution >= 4 is 38.9 Å². The van der Waals surface area contributed by atoms with Gasteiger partial charge in [0.1, 0.15) is 0 Å². The van der Waals surface area contributed by atoms with E-state index in [1.54, 1.807) is 11.3 Å². The molecule has 1 aromatic carbocycles. The van der Waals surface area contributed by atoms with Crippen LogP contribution >= 0.6 is 38.9 Å². The van der Waals surface area contributed by atoms with Crippen LogP contribution in [-0.4, -0.2) is 0 Å². The Kier molecular flexibility index (Phi) is 4.29. The van der Waals surface area contributed by atoms with E-state index < -0.39 is 0 Å². The quantitative estimate of drug-likeness (QED) is 0.615. The number of halogens is 2. The van der Waals surface area contributed by atoms with Gasteiger partial charge in [0.05, 0.1) is 9.16 Å². The first kappa shape index (κ1) is 13.1. The van der Waals surface area contributed by atoms with Gasteiger partial charge >= 0.3 is 0 Å². The van der Waals surface area contributed by atoms with Gasteiger partial charge in [0.15, 0.2) is 0 Å². The van der Waals surface area contributed by atoms with Gasteiger partial charge in [-0.2, -0.15) is 0 Å². The van der Waals surface area contributed by atoms with Crippen LogP contribution in [0.25, 0.3) is 0 Å². The van der Waals surface area contributed by atoms with E-state index in [1.807, 2.05) is 6.07 Å². The van der Waals surface area contributed by atoms with E-state index in [2.05, 4.69) is 60.1 Å². The van der Waals surface area contributed by atoms with E-state index in [9.17, 15) is 0 Å². The average Bonchev–Trinajstić information content (AvgIpc) is 2.68. The van der Waals surface area contributed by atoms with Gasteiger partial charge in [0, 0.05) is 10.8 Å². The molecule has 0 aliphatic carbocycles. The second-order valence-electron chi connectivity index (χ2n) is 4.16. The van der Waals surface area contributed by atoms with E-state index >= 15 is 0 Å². The van der Waals surface area contributed by atoms with Crippen LogP contribution in [0.1, 0.15) is 34.2 Å². The van der Waals surface area contributed by atoms with Gasteiger partial charge in [0.2, 0.25) is 0 Å². The minimum Gasteiger partial charge on any atom is -0.133 e. The van der Waals surface area contributed by atoms with Crippen LogP contribution in [0.2, 0.25) is 0 Å².